The first-order valence-electron chi connectivity index (χ1n) is 7.80. The van der Waals surface area contributed by atoms with Crippen molar-refractivity contribution in [2.24, 2.45) is 0 Å². The Labute approximate surface area is 127 Å². The Morgan fingerprint density at radius 1 is 1.18 bits per heavy atom. The fourth-order valence-corrected chi connectivity index (χ4v) is 3.31. The van der Waals surface area contributed by atoms with E-state index < -0.39 is 0 Å². The molecular weight excluding hydrogens is 284 g/mol. The Balaban J connectivity index is 1.45. The SMILES string of the molecule is O=C(c1nnc2n1CCCC2)N1CCC(c2ncon2)CC1. The van der Waals surface area contributed by atoms with Gasteiger partial charge in [-0.25, -0.2) is 0 Å². The molecule has 0 radical (unpaired) electrons. The molecule has 0 N–H and O–H groups in total. The number of aromatic nitrogens is 5. The number of hydrogen-bond acceptors (Lipinski definition) is 6. The van der Waals surface area contributed by atoms with Crippen LogP contribution in [0.25, 0.3) is 0 Å². The molecule has 0 aliphatic carbocycles. The largest absolute Gasteiger partial charge is 0.343 e. The molecule has 0 unspecified atom stereocenters. The van der Waals surface area contributed by atoms with E-state index in [0.29, 0.717) is 18.9 Å². The number of nitrogens with zero attached hydrogens (tertiary/aromatic N) is 6. The minimum Gasteiger partial charge on any atom is -0.343 e. The topological polar surface area (TPSA) is 89.9 Å². The summed E-state index contributed by atoms with van der Waals surface area (Å²) in [5, 5.41) is 12.2. The molecule has 22 heavy (non-hydrogen) atoms. The maximum atomic E-state index is 12.7. The van der Waals surface area contributed by atoms with Gasteiger partial charge >= 0.3 is 0 Å². The Morgan fingerprint density at radius 2 is 2.05 bits per heavy atom. The molecule has 8 heteroatoms. The van der Waals surface area contributed by atoms with Crippen LogP contribution in [-0.4, -0.2) is 48.8 Å². The predicted octanol–water partition coefficient (Wildman–Crippen LogP) is 1.02. The molecule has 2 aromatic heterocycles. The highest BCUT2D eigenvalue weighted by atomic mass is 16.5. The third kappa shape index (κ3) is 2.28. The molecule has 0 atom stereocenters. The molecule has 1 fully saturated rings. The lowest BCUT2D eigenvalue weighted by atomic mass is 9.96. The van der Waals surface area contributed by atoms with Gasteiger partial charge in [0.15, 0.2) is 5.82 Å². The summed E-state index contributed by atoms with van der Waals surface area (Å²) in [7, 11) is 0. The quantitative estimate of drug-likeness (QED) is 0.822. The lowest BCUT2D eigenvalue weighted by Gasteiger charge is -2.30. The van der Waals surface area contributed by atoms with Gasteiger partial charge < -0.3 is 14.0 Å². The third-order valence-electron chi connectivity index (χ3n) is 4.58. The first kappa shape index (κ1) is 13.4. The molecule has 0 aromatic carbocycles. The van der Waals surface area contributed by atoms with E-state index in [1.54, 1.807) is 0 Å². The Bertz CT molecular complexity index is 657. The van der Waals surface area contributed by atoms with Gasteiger partial charge in [-0.2, -0.15) is 4.98 Å². The van der Waals surface area contributed by atoms with Crippen molar-refractivity contribution in [2.45, 2.75) is 44.6 Å². The molecular formula is C14H18N6O2. The van der Waals surface area contributed by atoms with Gasteiger partial charge in [0.1, 0.15) is 5.82 Å². The molecule has 1 amide bonds. The second kappa shape index (κ2) is 5.51. The van der Waals surface area contributed by atoms with Crippen LogP contribution < -0.4 is 0 Å². The molecule has 2 aromatic rings. The van der Waals surface area contributed by atoms with Crippen molar-refractivity contribution in [3.63, 3.8) is 0 Å². The molecule has 2 aliphatic rings. The van der Waals surface area contributed by atoms with Gasteiger partial charge in [-0.3, -0.25) is 4.79 Å². The number of carbonyl (C=O) groups excluding carboxylic acids is 1. The van der Waals surface area contributed by atoms with E-state index in [1.807, 2.05) is 9.47 Å². The zero-order valence-electron chi connectivity index (χ0n) is 12.3. The van der Waals surface area contributed by atoms with E-state index >= 15 is 0 Å². The van der Waals surface area contributed by atoms with Crippen molar-refractivity contribution in [2.75, 3.05) is 13.1 Å². The van der Waals surface area contributed by atoms with E-state index in [-0.39, 0.29) is 11.8 Å². The average Bonchev–Trinajstić information content (AvgIpc) is 3.24. The summed E-state index contributed by atoms with van der Waals surface area (Å²) in [5.74, 6) is 2.44. The van der Waals surface area contributed by atoms with E-state index in [2.05, 4.69) is 20.3 Å². The number of hydrogen-bond donors (Lipinski definition) is 0. The standard InChI is InChI=1S/C14H18N6O2/c21-14(13-17-16-11-3-1-2-6-20(11)13)19-7-4-10(5-8-19)12-15-9-22-18-12/h9-10H,1-8H2. The molecule has 8 nitrogen and oxygen atoms in total. The number of carbonyl (C=O) groups is 1. The van der Waals surface area contributed by atoms with E-state index in [0.717, 1.165) is 50.3 Å². The van der Waals surface area contributed by atoms with Crippen LogP contribution in [0.4, 0.5) is 0 Å². The molecule has 116 valence electrons. The summed E-state index contributed by atoms with van der Waals surface area (Å²) in [5.41, 5.74) is 0. The summed E-state index contributed by atoms with van der Waals surface area (Å²) in [6.07, 6.45) is 6.20. The lowest BCUT2D eigenvalue weighted by molar-refractivity contribution is 0.0691. The zero-order valence-corrected chi connectivity index (χ0v) is 12.3. The number of fused-ring (bicyclic) bond motifs is 1. The number of likely N-dealkylation sites (tertiary alicyclic amines) is 1. The number of amides is 1. The summed E-state index contributed by atoms with van der Waals surface area (Å²) >= 11 is 0. The monoisotopic (exact) mass is 302 g/mol. The van der Waals surface area contributed by atoms with Crippen LogP contribution in [0, 0.1) is 0 Å². The molecule has 4 heterocycles. The normalized spacial score (nSPS) is 19.2. The molecule has 0 spiro atoms. The maximum Gasteiger partial charge on any atom is 0.291 e. The van der Waals surface area contributed by atoms with Crippen LogP contribution in [-0.2, 0) is 13.0 Å². The summed E-state index contributed by atoms with van der Waals surface area (Å²) in [6.45, 7) is 2.24. The summed E-state index contributed by atoms with van der Waals surface area (Å²) < 4.78 is 6.78. The Kier molecular flexibility index (Phi) is 3.36. The smallest absolute Gasteiger partial charge is 0.291 e. The third-order valence-corrected chi connectivity index (χ3v) is 4.58. The van der Waals surface area contributed by atoms with Crippen molar-refractivity contribution in [3.05, 3.63) is 23.9 Å². The average molecular weight is 302 g/mol. The van der Waals surface area contributed by atoms with E-state index in [4.69, 9.17) is 4.52 Å². The predicted molar refractivity (Wildman–Crippen MR) is 75.1 cm³/mol. The van der Waals surface area contributed by atoms with E-state index in [1.165, 1.54) is 6.39 Å². The van der Waals surface area contributed by atoms with Gasteiger partial charge in [0.05, 0.1) is 0 Å². The van der Waals surface area contributed by atoms with Crippen LogP contribution in [0.2, 0.25) is 0 Å². The van der Waals surface area contributed by atoms with Gasteiger partial charge in [-0.15, -0.1) is 10.2 Å². The van der Waals surface area contributed by atoms with Crippen molar-refractivity contribution < 1.29 is 9.32 Å². The van der Waals surface area contributed by atoms with Gasteiger partial charge in [0, 0.05) is 32.0 Å². The highest BCUT2D eigenvalue weighted by Crippen LogP contribution is 2.26. The first-order valence-corrected chi connectivity index (χ1v) is 7.80. The minimum absolute atomic E-state index is 0.00721. The maximum absolute atomic E-state index is 12.7. The number of aryl methyl sites for hydroxylation is 1. The molecule has 4 rings (SSSR count). The van der Waals surface area contributed by atoms with Crippen LogP contribution in [0.15, 0.2) is 10.9 Å². The Morgan fingerprint density at radius 3 is 2.82 bits per heavy atom. The molecule has 0 bridgehead atoms. The summed E-state index contributed by atoms with van der Waals surface area (Å²) in [4.78, 5) is 18.7. The fourth-order valence-electron chi connectivity index (χ4n) is 3.31. The number of piperidine rings is 1. The molecule has 2 aliphatic heterocycles. The van der Waals surface area contributed by atoms with Gasteiger partial charge in [-0.1, -0.05) is 5.16 Å². The highest BCUT2D eigenvalue weighted by Gasteiger charge is 2.30. The fraction of sp³-hybridized carbons (Fsp3) is 0.643. The van der Waals surface area contributed by atoms with Crippen molar-refractivity contribution in [3.8, 4) is 0 Å². The van der Waals surface area contributed by atoms with Crippen molar-refractivity contribution in [1.82, 2.24) is 29.8 Å². The van der Waals surface area contributed by atoms with Crippen LogP contribution >= 0.6 is 0 Å². The first-order chi connectivity index (χ1) is 10.8. The van der Waals surface area contributed by atoms with Gasteiger partial charge in [-0.05, 0) is 25.7 Å². The lowest BCUT2D eigenvalue weighted by Crippen LogP contribution is -2.39. The van der Waals surface area contributed by atoms with Crippen LogP contribution in [0.3, 0.4) is 0 Å². The highest BCUT2D eigenvalue weighted by molar-refractivity contribution is 5.90. The zero-order chi connectivity index (χ0) is 14.9. The van der Waals surface area contributed by atoms with E-state index in [9.17, 15) is 4.79 Å². The second-order valence-electron chi connectivity index (χ2n) is 5.90. The van der Waals surface area contributed by atoms with Crippen molar-refractivity contribution >= 4 is 5.91 Å². The van der Waals surface area contributed by atoms with Gasteiger partial charge in [0.2, 0.25) is 12.2 Å². The van der Waals surface area contributed by atoms with Crippen molar-refractivity contribution in [1.29, 1.82) is 0 Å². The van der Waals surface area contributed by atoms with Crippen LogP contribution in [0.5, 0.6) is 0 Å². The molecule has 0 saturated carbocycles. The molecule has 1 saturated heterocycles. The second-order valence-corrected chi connectivity index (χ2v) is 5.90. The minimum atomic E-state index is -0.00721. The Hall–Kier alpha value is -2.25. The number of rotatable bonds is 2. The van der Waals surface area contributed by atoms with Gasteiger partial charge in [0.25, 0.3) is 5.91 Å². The summed E-state index contributed by atoms with van der Waals surface area (Å²) in [6, 6.07) is 0. The van der Waals surface area contributed by atoms with Crippen LogP contribution in [0.1, 0.15) is 53.9 Å².